The van der Waals surface area contributed by atoms with Crippen molar-refractivity contribution in [3.8, 4) is 5.75 Å². The van der Waals surface area contributed by atoms with E-state index in [4.69, 9.17) is 4.74 Å². The molecule has 1 aliphatic rings. The minimum Gasteiger partial charge on any atom is -0.494 e. The Morgan fingerprint density at radius 3 is 2.45 bits per heavy atom. The minimum atomic E-state index is -0.217. The number of ether oxygens (including phenoxy) is 1. The van der Waals surface area contributed by atoms with Crippen LogP contribution >= 0.6 is 0 Å². The van der Waals surface area contributed by atoms with Gasteiger partial charge in [0.05, 0.1) is 12.8 Å². The van der Waals surface area contributed by atoms with E-state index in [0.29, 0.717) is 38.2 Å². The molecule has 0 radical (unpaired) electrons. The molecule has 7 nitrogen and oxygen atoms in total. The SMILES string of the molecule is CC(C)(C)c1ccc(OCCCC(=O)N2CCC(NC(=O)c3cnccn3)CC2)cc1. The summed E-state index contributed by atoms with van der Waals surface area (Å²) in [7, 11) is 0. The van der Waals surface area contributed by atoms with Crippen molar-refractivity contribution in [2.45, 2.75) is 57.9 Å². The summed E-state index contributed by atoms with van der Waals surface area (Å²) in [6, 6.07) is 8.21. The van der Waals surface area contributed by atoms with Crippen molar-refractivity contribution < 1.29 is 14.3 Å². The van der Waals surface area contributed by atoms with E-state index in [0.717, 1.165) is 18.6 Å². The molecule has 1 aromatic carbocycles. The fourth-order valence-electron chi connectivity index (χ4n) is 3.57. The standard InChI is InChI=1S/C24H32N4O3/c1-24(2,3)18-6-8-20(9-7-18)31-16-4-5-22(29)28-14-10-19(11-15-28)27-23(30)21-17-25-12-13-26-21/h6-9,12-13,17,19H,4-5,10-11,14-16H2,1-3H3,(H,27,30). The van der Waals surface area contributed by atoms with Crippen molar-refractivity contribution in [3.63, 3.8) is 0 Å². The van der Waals surface area contributed by atoms with Gasteiger partial charge in [0.2, 0.25) is 5.91 Å². The Labute approximate surface area is 184 Å². The lowest BCUT2D eigenvalue weighted by Gasteiger charge is -2.32. The van der Waals surface area contributed by atoms with Gasteiger partial charge in [-0.05, 0) is 42.4 Å². The van der Waals surface area contributed by atoms with Crippen LogP contribution < -0.4 is 10.1 Å². The van der Waals surface area contributed by atoms with Crippen molar-refractivity contribution in [2.75, 3.05) is 19.7 Å². The topological polar surface area (TPSA) is 84.4 Å². The van der Waals surface area contributed by atoms with Crippen molar-refractivity contribution >= 4 is 11.8 Å². The van der Waals surface area contributed by atoms with Crippen molar-refractivity contribution in [3.05, 3.63) is 54.1 Å². The molecular formula is C24H32N4O3. The Morgan fingerprint density at radius 1 is 1.13 bits per heavy atom. The largest absolute Gasteiger partial charge is 0.494 e. The quantitative estimate of drug-likeness (QED) is 0.689. The van der Waals surface area contributed by atoms with E-state index in [1.165, 1.54) is 24.2 Å². The number of carbonyl (C=O) groups is 2. The number of likely N-dealkylation sites (tertiary alicyclic amines) is 1. The molecule has 1 fully saturated rings. The number of nitrogens with zero attached hydrogens (tertiary/aromatic N) is 3. The molecule has 3 rings (SSSR count). The van der Waals surface area contributed by atoms with Gasteiger partial charge in [0.25, 0.3) is 5.91 Å². The number of amides is 2. The molecule has 0 atom stereocenters. The van der Waals surface area contributed by atoms with Crippen LogP contribution in [0.15, 0.2) is 42.9 Å². The number of benzene rings is 1. The second kappa shape index (κ2) is 10.4. The Balaban J connectivity index is 1.33. The first-order valence-electron chi connectivity index (χ1n) is 10.9. The Bertz CT molecular complexity index is 855. The predicted molar refractivity (Wildman–Crippen MR) is 119 cm³/mol. The van der Waals surface area contributed by atoms with Gasteiger partial charge in [0.1, 0.15) is 11.4 Å². The van der Waals surface area contributed by atoms with Crippen LogP contribution in [0.3, 0.4) is 0 Å². The average molecular weight is 425 g/mol. The molecule has 0 spiro atoms. The summed E-state index contributed by atoms with van der Waals surface area (Å²) in [6.45, 7) is 8.37. The summed E-state index contributed by atoms with van der Waals surface area (Å²) < 4.78 is 5.79. The summed E-state index contributed by atoms with van der Waals surface area (Å²) in [4.78, 5) is 34.5. The molecule has 2 heterocycles. The van der Waals surface area contributed by atoms with Gasteiger partial charge in [-0.1, -0.05) is 32.9 Å². The zero-order valence-corrected chi connectivity index (χ0v) is 18.6. The van der Waals surface area contributed by atoms with E-state index < -0.39 is 0 Å². The van der Waals surface area contributed by atoms with Crippen LogP contribution in [0.25, 0.3) is 0 Å². The second-order valence-corrected chi connectivity index (χ2v) is 8.95. The highest BCUT2D eigenvalue weighted by molar-refractivity contribution is 5.92. The first kappa shape index (κ1) is 22.7. The smallest absolute Gasteiger partial charge is 0.271 e. The maximum atomic E-state index is 12.5. The summed E-state index contributed by atoms with van der Waals surface area (Å²) in [5, 5.41) is 2.98. The number of piperidine rings is 1. The average Bonchev–Trinajstić information content (AvgIpc) is 2.77. The van der Waals surface area contributed by atoms with Gasteiger partial charge in [-0.3, -0.25) is 14.6 Å². The normalized spacial score (nSPS) is 14.9. The van der Waals surface area contributed by atoms with Crippen LogP contribution in [0.4, 0.5) is 0 Å². The molecular weight excluding hydrogens is 392 g/mol. The van der Waals surface area contributed by atoms with Gasteiger partial charge >= 0.3 is 0 Å². The molecule has 1 aromatic heterocycles. The van der Waals surface area contributed by atoms with Gasteiger partial charge in [-0.25, -0.2) is 4.98 Å². The maximum absolute atomic E-state index is 12.5. The number of hydrogen-bond acceptors (Lipinski definition) is 5. The highest BCUT2D eigenvalue weighted by Crippen LogP contribution is 2.24. The highest BCUT2D eigenvalue weighted by atomic mass is 16.5. The van der Waals surface area contributed by atoms with E-state index in [-0.39, 0.29) is 23.3 Å². The van der Waals surface area contributed by atoms with E-state index in [2.05, 4.69) is 48.2 Å². The zero-order valence-electron chi connectivity index (χ0n) is 18.6. The molecule has 0 saturated carbocycles. The van der Waals surface area contributed by atoms with Crippen molar-refractivity contribution in [1.29, 1.82) is 0 Å². The van der Waals surface area contributed by atoms with E-state index >= 15 is 0 Å². The maximum Gasteiger partial charge on any atom is 0.271 e. The van der Waals surface area contributed by atoms with Crippen molar-refractivity contribution in [2.24, 2.45) is 0 Å². The fourth-order valence-corrected chi connectivity index (χ4v) is 3.57. The molecule has 31 heavy (non-hydrogen) atoms. The summed E-state index contributed by atoms with van der Waals surface area (Å²) >= 11 is 0. The second-order valence-electron chi connectivity index (χ2n) is 8.95. The van der Waals surface area contributed by atoms with Crippen LogP contribution in [0.1, 0.15) is 62.5 Å². The van der Waals surface area contributed by atoms with Gasteiger partial charge < -0.3 is 15.0 Å². The third-order valence-corrected chi connectivity index (χ3v) is 5.50. The van der Waals surface area contributed by atoms with Crippen LogP contribution in [-0.4, -0.2) is 52.4 Å². The van der Waals surface area contributed by atoms with Crippen LogP contribution in [0, 0.1) is 0 Å². The van der Waals surface area contributed by atoms with Gasteiger partial charge in [-0.15, -0.1) is 0 Å². The first-order chi connectivity index (χ1) is 14.8. The Kier molecular flexibility index (Phi) is 7.60. The van der Waals surface area contributed by atoms with Crippen LogP contribution in [0.2, 0.25) is 0 Å². The molecule has 1 saturated heterocycles. The lowest BCUT2D eigenvalue weighted by atomic mass is 9.87. The summed E-state index contributed by atoms with van der Waals surface area (Å²) in [5.41, 5.74) is 1.71. The Morgan fingerprint density at radius 2 is 1.84 bits per heavy atom. The summed E-state index contributed by atoms with van der Waals surface area (Å²) in [6.07, 6.45) is 7.13. The molecule has 7 heteroatoms. The molecule has 2 amide bonds. The molecule has 0 aliphatic carbocycles. The first-order valence-corrected chi connectivity index (χ1v) is 10.9. The van der Waals surface area contributed by atoms with E-state index in [9.17, 15) is 9.59 Å². The number of carbonyl (C=O) groups excluding carboxylic acids is 2. The molecule has 2 aromatic rings. The van der Waals surface area contributed by atoms with Crippen LogP contribution in [-0.2, 0) is 10.2 Å². The van der Waals surface area contributed by atoms with E-state index in [1.54, 1.807) is 0 Å². The molecule has 166 valence electrons. The third kappa shape index (κ3) is 6.77. The lowest BCUT2D eigenvalue weighted by molar-refractivity contribution is -0.132. The predicted octanol–water partition coefficient (Wildman–Crippen LogP) is 3.35. The molecule has 1 aliphatic heterocycles. The lowest BCUT2D eigenvalue weighted by Crippen LogP contribution is -2.46. The summed E-state index contributed by atoms with van der Waals surface area (Å²) in [5.74, 6) is 0.760. The molecule has 0 bridgehead atoms. The van der Waals surface area contributed by atoms with Crippen molar-refractivity contribution in [1.82, 2.24) is 20.2 Å². The monoisotopic (exact) mass is 424 g/mol. The van der Waals surface area contributed by atoms with E-state index in [1.807, 2.05) is 17.0 Å². The Hall–Kier alpha value is -2.96. The zero-order chi connectivity index (χ0) is 22.3. The third-order valence-electron chi connectivity index (χ3n) is 5.50. The molecule has 1 N–H and O–H groups in total. The van der Waals surface area contributed by atoms with Gasteiger partial charge in [0.15, 0.2) is 0 Å². The number of aromatic nitrogens is 2. The number of nitrogens with one attached hydrogen (secondary N) is 1. The minimum absolute atomic E-state index is 0.0537. The number of rotatable bonds is 7. The number of hydrogen-bond donors (Lipinski definition) is 1. The van der Waals surface area contributed by atoms with Gasteiger partial charge in [-0.2, -0.15) is 0 Å². The fraction of sp³-hybridized carbons (Fsp3) is 0.500. The van der Waals surface area contributed by atoms with Crippen LogP contribution in [0.5, 0.6) is 5.75 Å². The highest BCUT2D eigenvalue weighted by Gasteiger charge is 2.24. The van der Waals surface area contributed by atoms with Gasteiger partial charge in [0, 0.05) is 37.9 Å². The molecule has 0 unspecified atom stereocenters.